The Hall–Kier alpha value is -1.25. The van der Waals surface area contributed by atoms with Crippen LogP contribution in [0.5, 0.6) is 0 Å². The molecule has 0 bridgehead atoms. The van der Waals surface area contributed by atoms with Crippen molar-refractivity contribution in [1.29, 1.82) is 0 Å². The van der Waals surface area contributed by atoms with E-state index in [1.165, 1.54) is 12.2 Å². The summed E-state index contributed by atoms with van der Waals surface area (Å²) in [5.74, 6) is 0.345. The minimum absolute atomic E-state index is 0.0272. The van der Waals surface area contributed by atoms with Gasteiger partial charge >= 0.3 is 0 Å². The Morgan fingerprint density at radius 2 is 2.36 bits per heavy atom. The lowest BCUT2D eigenvalue weighted by Crippen LogP contribution is -2.05. The van der Waals surface area contributed by atoms with E-state index in [9.17, 15) is 4.79 Å². The summed E-state index contributed by atoms with van der Waals surface area (Å²) in [6, 6.07) is 0. The van der Waals surface area contributed by atoms with Crippen LogP contribution in [0.4, 0.5) is 0 Å². The molecule has 0 saturated heterocycles. The second-order valence-electron chi connectivity index (χ2n) is 2.22. The van der Waals surface area contributed by atoms with Gasteiger partial charge in [-0.15, -0.1) is 0 Å². The molecule has 0 aromatic heterocycles. The average Bonchev–Trinajstić information content (AvgIpc) is 1.95. The Kier molecular flexibility index (Phi) is 2.31. The summed E-state index contributed by atoms with van der Waals surface area (Å²) in [6.07, 6.45) is 2.96. The van der Waals surface area contributed by atoms with E-state index in [4.69, 9.17) is 9.84 Å². The van der Waals surface area contributed by atoms with Crippen molar-refractivity contribution in [3.8, 4) is 0 Å². The van der Waals surface area contributed by atoms with E-state index in [1.807, 2.05) is 6.92 Å². The number of aliphatic hydroxyl groups excluding tert-OH is 1. The summed E-state index contributed by atoms with van der Waals surface area (Å²) in [7, 11) is 0. The van der Waals surface area contributed by atoms with Crippen LogP contribution in [0.2, 0.25) is 0 Å². The molecule has 0 radical (unpaired) electrons. The van der Waals surface area contributed by atoms with Crippen LogP contribution in [0, 0.1) is 0 Å². The zero-order valence-corrected chi connectivity index (χ0v) is 6.33. The van der Waals surface area contributed by atoms with Crippen molar-refractivity contribution in [1.82, 2.24) is 0 Å². The van der Waals surface area contributed by atoms with Crippen LogP contribution >= 0.6 is 0 Å². The predicted octanol–water partition coefficient (Wildman–Crippen LogP) is 1.32. The highest BCUT2D eigenvalue weighted by molar-refractivity contribution is 5.92. The lowest BCUT2D eigenvalue weighted by Gasteiger charge is -2.09. The van der Waals surface area contributed by atoms with Gasteiger partial charge in [0, 0.05) is 0 Å². The van der Waals surface area contributed by atoms with Gasteiger partial charge < -0.3 is 9.84 Å². The number of aliphatic hydroxyl groups is 1. The quantitative estimate of drug-likeness (QED) is 0.652. The van der Waals surface area contributed by atoms with Gasteiger partial charge in [0.2, 0.25) is 0 Å². The molecule has 0 saturated carbocycles. The first-order valence-electron chi connectivity index (χ1n) is 3.50. The van der Waals surface area contributed by atoms with Crippen LogP contribution < -0.4 is 0 Å². The summed E-state index contributed by atoms with van der Waals surface area (Å²) in [5.41, 5.74) is 0. The van der Waals surface area contributed by atoms with Gasteiger partial charge in [-0.2, -0.15) is 0 Å². The molecular formula is C8H10O3. The molecule has 0 aromatic carbocycles. The Bertz CT molecular complexity index is 225. The third-order valence-corrected chi connectivity index (χ3v) is 1.35. The lowest BCUT2D eigenvalue weighted by molar-refractivity contribution is -0.114. The molecule has 0 aliphatic heterocycles. The molecule has 0 aromatic rings. The van der Waals surface area contributed by atoms with Gasteiger partial charge in [0.05, 0.1) is 13.0 Å². The van der Waals surface area contributed by atoms with E-state index in [1.54, 1.807) is 0 Å². The van der Waals surface area contributed by atoms with Crippen LogP contribution in [0.25, 0.3) is 0 Å². The normalized spacial score (nSPS) is 17.4. The summed E-state index contributed by atoms with van der Waals surface area (Å²) < 4.78 is 5.03. The fourth-order valence-electron chi connectivity index (χ4n) is 0.863. The maximum Gasteiger partial charge on any atom is 0.163 e. The lowest BCUT2D eigenvalue weighted by atomic mass is 10.1. The molecule has 1 aliphatic rings. The molecule has 0 atom stereocenters. The van der Waals surface area contributed by atoms with Crippen LogP contribution in [0.15, 0.2) is 23.7 Å². The van der Waals surface area contributed by atoms with Crippen LogP contribution in [0.1, 0.15) is 13.3 Å². The zero-order valence-electron chi connectivity index (χ0n) is 6.33. The third kappa shape index (κ3) is 1.83. The summed E-state index contributed by atoms with van der Waals surface area (Å²) in [5, 5.41) is 9.15. The van der Waals surface area contributed by atoms with Gasteiger partial charge in [-0.1, -0.05) is 0 Å². The van der Waals surface area contributed by atoms with E-state index in [0.29, 0.717) is 12.4 Å². The fourth-order valence-corrected chi connectivity index (χ4v) is 0.863. The maximum absolute atomic E-state index is 10.7. The Morgan fingerprint density at radius 1 is 1.64 bits per heavy atom. The SMILES string of the molecule is CCOC1=C(O)CC(=O)C=C1. The van der Waals surface area contributed by atoms with E-state index in [0.717, 1.165) is 0 Å². The van der Waals surface area contributed by atoms with Crippen molar-refractivity contribution < 1.29 is 14.6 Å². The minimum atomic E-state index is -0.0917. The first-order valence-corrected chi connectivity index (χ1v) is 3.50. The predicted molar refractivity (Wildman–Crippen MR) is 40.0 cm³/mol. The molecule has 3 heteroatoms. The third-order valence-electron chi connectivity index (χ3n) is 1.35. The molecule has 0 fully saturated rings. The van der Waals surface area contributed by atoms with Crippen molar-refractivity contribution in [3.63, 3.8) is 0 Å². The van der Waals surface area contributed by atoms with E-state index in [-0.39, 0.29) is 18.0 Å². The van der Waals surface area contributed by atoms with E-state index in [2.05, 4.69) is 0 Å². The number of ketones is 1. The Morgan fingerprint density at radius 3 is 2.91 bits per heavy atom. The van der Waals surface area contributed by atoms with Crippen molar-refractivity contribution in [2.75, 3.05) is 6.61 Å². The topological polar surface area (TPSA) is 46.5 Å². The summed E-state index contributed by atoms with van der Waals surface area (Å²) in [6.45, 7) is 2.32. The molecule has 0 heterocycles. The molecule has 3 nitrogen and oxygen atoms in total. The zero-order chi connectivity index (χ0) is 8.27. The molecule has 1 N–H and O–H groups in total. The first kappa shape index (κ1) is 7.85. The highest BCUT2D eigenvalue weighted by atomic mass is 16.5. The average molecular weight is 154 g/mol. The van der Waals surface area contributed by atoms with Gasteiger partial charge in [0.15, 0.2) is 11.5 Å². The highest BCUT2D eigenvalue weighted by Gasteiger charge is 2.12. The van der Waals surface area contributed by atoms with Crippen molar-refractivity contribution in [2.24, 2.45) is 0 Å². The van der Waals surface area contributed by atoms with Gasteiger partial charge in [-0.05, 0) is 19.1 Å². The minimum Gasteiger partial charge on any atom is -0.508 e. The second kappa shape index (κ2) is 3.23. The molecule has 1 aliphatic carbocycles. The molecule has 11 heavy (non-hydrogen) atoms. The van der Waals surface area contributed by atoms with Crippen molar-refractivity contribution in [2.45, 2.75) is 13.3 Å². The van der Waals surface area contributed by atoms with Gasteiger partial charge in [0.1, 0.15) is 5.76 Å². The Labute approximate surface area is 65.0 Å². The number of allylic oxidation sites excluding steroid dienone is 3. The molecule has 60 valence electrons. The molecule has 0 amide bonds. The van der Waals surface area contributed by atoms with Gasteiger partial charge in [-0.3, -0.25) is 4.79 Å². The fraction of sp³-hybridized carbons (Fsp3) is 0.375. The summed E-state index contributed by atoms with van der Waals surface area (Å²) >= 11 is 0. The largest absolute Gasteiger partial charge is 0.508 e. The Balaban J connectivity index is 2.71. The number of carbonyl (C=O) groups excluding carboxylic acids is 1. The van der Waals surface area contributed by atoms with Crippen molar-refractivity contribution in [3.05, 3.63) is 23.7 Å². The number of rotatable bonds is 2. The van der Waals surface area contributed by atoms with Gasteiger partial charge in [-0.25, -0.2) is 0 Å². The number of hydrogen-bond acceptors (Lipinski definition) is 3. The second-order valence-corrected chi connectivity index (χ2v) is 2.22. The number of carbonyl (C=O) groups is 1. The maximum atomic E-state index is 10.7. The molecular weight excluding hydrogens is 144 g/mol. The molecule has 0 spiro atoms. The van der Waals surface area contributed by atoms with Gasteiger partial charge in [0.25, 0.3) is 0 Å². The van der Waals surface area contributed by atoms with E-state index < -0.39 is 0 Å². The monoisotopic (exact) mass is 154 g/mol. The molecule has 1 rings (SSSR count). The standard InChI is InChI=1S/C8H10O3/c1-2-11-8-4-3-6(9)5-7(8)10/h3-4,10H,2,5H2,1H3. The highest BCUT2D eigenvalue weighted by Crippen LogP contribution is 2.14. The summed E-state index contributed by atoms with van der Waals surface area (Å²) in [4.78, 5) is 10.7. The first-order chi connectivity index (χ1) is 5.24. The smallest absolute Gasteiger partial charge is 0.163 e. The van der Waals surface area contributed by atoms with Crippen LogP contribution in [-0.2, 0) is 9.53 Å². The van der Waals surface area contributed by atoms with Crippen molar-refractivity contribution >= 4 is 5.78 Å². The number of hydrogen-bond donors (Lipinski definition) is 1. The van der Waals surface area contributed by atoms with Crippen LogP contribution in [-0.4, -0.2) is 17.5 Å². The molecule has 0 unspecified atom stereocenters. The van der Waals surface area contributed by atoms with Crippen LogP contribution in [0.3, 0.4) is 0 Å². The van der Waals surface area contributed by atoms with E-state index >= 15 is 0 Å². The number of ether oxygens (including phenoxy) is 1.